The second-order valence-corrected chi connectivity index (χ2v) is 7.08. The summed E-state index contributed by atoms with van der Waals surface area (Å²) in [7, 11) is 0. The van der Waals surface area contributed by atoms with Crippen LogP contribution in [-0.2, 0) is 9.53 Å². The van der Waals surface area contributed by atoms with E-state index in [0.717, 1.165) is 10.9 Å². The fourth-order valence-electron chi connectivity index (χ4n) is 2.21. The average Bonchev–Trinajstić information content (AvgIpc) is 2.40. The summed E-state index contributed by atoms with van der Waals surface area (Å²) in [4.78, 5) is 30.2. The highest BCUT2D eigenvalue weighted by Crippen LogP contribution is 2.21. The van der Waals surface area contributed by atoms with Crippen molar-refractivity contribution < 1.29 is 14.3 Å². The summed E-state index contributed by atoms with van der Waals surface area (Å²) < 4.78 is 6.05. The van der Waals surface area contributed by atoms with Crippen molar-refractivity contribution in [3.05, 3.63) is 22.8 Å². The average molecular weight is 370 g/mol. The van der Waals surface area contributed by atoms with Crippen molar-refractivity contribution in [1.29, 1.82) is 0 Å². The van der Waals surface area contributed by atoms with Crippen LogP contribution in [0.1, 0.15) is 33.6 Å². The number of pyridine rings is 1. The van der Waals surface area contributed by atoms with Crippen LogP contribution in [0.2, 0.25) is 0 Å². The minimum atomic E-state index is -0.589. The van der Waals surface area contributed by atoms with Gasteiger partial charge in [-0.05, 0) is 61.7 Å². The second kappa shape index (κ2) is 6.64. The Hall–Kier alpha value is -1.63. The van der Waals surface area contributed by atoms with Gasteiger partial charge in [0.15, 0.2) is 0 Å². The first-order valence-electron chi connectivity index (χ1n) is 7.19. The third kappa shape index (κ3) is 4.43. The molecule has 1 N–H and O–H groups in total. The van der Waals surface area contributed by atoms with E-state index in [9.17, 15) is 9.59 Å². The monoisotopic (exact) mass is 369 g/mol. The Balaban J connectivity index is 2.04. The number of piperidine rings is 1. The molecule has 0 spiro atoms. The first kappa shape index (κ1) is 16.7. The number of anilines is 1. The summed E-state index contributed by atoms with van der Waals surface area (Å²) in [6.07, 6.45) is 2.47. The number of ether oxygens (including phenoxy) is 1. The number of nitrogens with zero attached hydrogens (tertiary/aromatic N) is 2. The van der Waals surface area contributed by atoms with Gasteiger partial charge in [-0.25, -0.2) is 9.78 Å². The normalized spacial score (nSPS) is 19.0. The number of carbonyl (C=O) groups excluding carboxylic acids is 2. The van der Waals surface area contributed by atoms with Crippen molar-refractivity contribution in [3.8, 4) is 0 Å². The minimum absolute atomic E-state index is 0.160. The van der Waals surface area contributed by atoms with Gasteiger partial charge in [-0.3, -0.25) is 9.69 Å². The lowest BCUT2D eigenvalue weighted by atomic mass is 10.0. The lowest BCUT2D eigenvalue weighted by molar-refractivity contribution is -0.121. The summed E-state index contributed by atoms with van der Waals surface area (Å²) in [6.45, 7) is 5.95. The number of nitrogens with one attached hydrogen (secondary N) is 1. The molecule has 0 aliphatic carbocycles. The molecule has 1 saturated heterocycles. The molecule has 120 valence electrons. The largest absolute Gasteiger partial charge is 0.444 e. The number of aromatic nitrogens is 1. The molecule has 1 atom stereocenters. The second-order valence-electron chi connectivity index (χ2n) is 6.17. The SMILES string of the molecule is CC(C)(C)OC(=O)NC1CCCN(c2ccc(Br)cn2)C1=O. The van der Waals surface area contributed by atoms with Crippen molar-refractivity contribution in [2.24, 2.45) is 0 Å². The summed E-state index contributed by atoms with van der Waals surface area (Å²) in [6, 6.07) is 3.03. The van der Waals surface area contributed by atoms with Crippen LogP contribution in [0.5, 0.6) is 0 Å². The summed E-state index contributed by atoms with van der Waals surface area (Å²) in [5.74, 6) is 0.427. The van der Waals surface area contributed by atoms with E-state index in [0.29, 0.717) is 18.8 Å². The number of carbonyl (C=O) groups is 2. The molecule has 1 aliphatic heterocycles. The maximum atomic E-state index is 12.5. The van der Waals surface area contributed by atoms with Crippen LogP contribution >= 0.6 is 15.9 Å². The highest BCUT2D eigenvalue weighted by molar-refractivity contribution is 9.10. The molecule has 0 radical (unpaired) electrons. The maximum Gasteiger partial charge on any atom is 0.408 e. The molecular formula is C15H20BrN3O3. The van der Waals surface area contributed by atoms with E-state index in [1.807, 2.05) is 6.07 Å². The van der Waals surface area contributed by atoms with Gasteiger partial charge in [0.1, 0.15) is 17.5 Å². The van der Waals surface area contributed by atoms with E-state index >= 15 is 0 Å². The Morgan fingerprint density at radius 1 is 1.45 bits per heavy atom. The van der Waals surface area contributed by atoms with Crippen molar-refractivity contribution in [1.82, 2.24) is 10.3 Å². The zero-order chi connectivity index (χ0) is 16.3. The zero-order valence-corrected chi connectivity index (χ0v) is 14.5. The number of alkyl carbamates (subject to hydrolysis) is 1. The van der Waals surface area contributed by atoms with Gasteiger partial charge in [0, 0.05) is 17.2 Å². The lowest BCUT2D eigenvalue weighted by Crippen LogP contribution is -2.53. The first-order valence-corrected chi connectivity index (χ1v) is 7.98. The number of hydrogen-bond donors (Lipinski definition) is 1. The molecule has 1 unspecified atom stereocenters. The van der Waals surface area contributed by atoms with Gasteiger partial charge in [0.25, 0.3) is 5.91 Å². The molecule has 1 aromatic rings. The third-order valence-electron chi connectivity index (χ3n) is 3.12. The van der Waals surface area contributed by atoms with Gasteiger partial charge >= 0.3 is 6.09 Å². The molecule has 6 nitrogen and oxygen atoms in total. The van der Waals surface area contributed by atoms with Gasteiger partial charge in [-0.1, -0.05) is 0 Å². The van der Waals surface area contributed by atoms with E-state index in [4.69, 9.17) is 4.74 Å². The molecule has 7 heteroatoms. The molecule has 0 aromatic carbocycles. The standard InChI is InChI=1S/C15H20BrN3O3/c1-15(2,3)22-14(21)18-11-5-4-8-19(13(11)20)12-7-6-10(16)9-17-12/h6-7,9,11H,4-5,8H2,1-3H3,(H,18,21). The van der Waals surface area contributed by atoms with Crippen LogP contribution in [0.3, 0.4) is 0 Å². The predicted octanol–water partition coefficient (Wildman–Crippen LogP) is 2.86. The predicted molar refractivity (Wildman–Crippen MR) is 86.7 cm³/mol. The lowest BCUT2D eigenvalue weighted by Gasteiger charge is -2.32. The highest BCUT2D eigenvalue weighted by atomic mass is 79.9. The van der Waals surface area contributed by atoms with Crippen molar-refractivity contribution >= 4 is 33.7 Å². The summed E-state index contributed by atoms with van der Waals surface area (Å²) >= 11 is 3.32. The molecule has 0 saturated carbocycles. The van der Waals surface area contributed by atoms with Gasteiger partial charge in [-0.2, -0.15) is 0 Å². The van der Waals surface area contributed by atoms with Crippen LogP contribution in [0.25, 0.3) is 0 Å². The third-order valence-corrected chi connectivity index (χ3v) is 3.59. The number of rotatable bonds is 2. The molecule has 2 rings (SSSR count). The molecule has 1 aromatic heterocycles. The number of amides is 2. The topological polar surface area (TPSA) is 71.5 Å². The summed E-state index contributed by atoms with van der Waals surface area (Å²) in [5, 5.41) is 2.65. The maximum absolute atomic E-state index is 12.5. The Morgan fingerprint density at radius 3 is 2.77 bits per heavy atom. The van der Waals surface area contributed by atoms with E-state index in [2.05, 4.69) is 26.2 Å². The van der Waals surface area contributed by atoms with Gasteiger partial charge in [-0.15, -0.1) is 0 Å². The summed E-state index contributed by atoms with van der Waals surface area (Å²) in [5.41, 5.74) is -0.589. The molecule has 2 amide bonds. The Labute approximate surface area is 138 Å². The molecule has 1 aliphatic rings. The Kier molecular flexibility index (Phi) is 5.05. The van der Waals surface area contributed by atoms with Crippen LogP contribution in [0, 0.1) is 0 Å². The van der Waals surface area contributed by atoms with E-state index < -0.39 is 17.7 Å². The van der Waals surface area contributed by atoms with E-state index in [-0.39, 0.29) is 5.91 Å². The van der Waals surface area contributed by atoms with Crippen molar-refractivity contribution in [3.63, 3.8) is 0 Å². The first-order chi connectivity index (χ1) is 10.3. The molecule has 22 heavy (non-hydrogen) atoms. The van der Waals surface area contributed by atoms with Gasteiger partial charge < -0.3 is 10.1 Å². The van der Waals surface area contributed by atoms with E-state index in [1.165, 1.54) is 0 Å². The van der Waals surface area contributed by atoms with Crippen LogP contribution < -0.4 is 10.2 Å². The minimum Gasteiger partial charge on any atom is -0.444 e. The smallest absolute Gasteiger partial charge is 0.408 e. The highest BCUT2D eigenvalue weighted by Gasteiger charge is 2.32. The molecule has 2 heterocycles. The number of halogens is 1. The fourth-order valence-corrected chi connectivity index (χ4v) is 2.45. The van der Waals surface area contributed by atoms with Crippen LogP contribution in [0.15, 0.2) is 22.8 Å². The molecule has 1 fully saturated rings. The fraction of sp³-hybridized carbons (Fsp3) is 0.533. The molecule has 0 bridgehead atoms. The molecular weight excluding hydrogens is 350 g/mol. The van der Waals surface area contributed by atoms with Crippen molar-refractivity contribution in [2.75, 3.05) is 11.4 Å². The van der Waals surface area contributed by atoms with Crippen molar-refractivity contribution in [2.45, 2.75) is 45.3 Å². The number of hydrogen-bond acceptors (Lipinski definition) is 4. The zero-order valence-electron chi connectivity index (χ0n) is 12.9. The van der Waals surface area contributed by atoms with Gasteiger partial charge in [0.2, 0.25) is 0 Å². The quantitative estimate of drug-likeness (QED) is 0.869. The van der Waals surface area contributed by atoms with Crippen LogP contribution in [-0.4, -0.2) is 35.2 Å². The van der Waals surface area contributed by atoms with Gasteiger partial charge in [0.05, 0.1) is 0 Å². The van der Waals surface area contributed by atoms with E-state index in [1.54, 1.807) is 37.9 Å². The Morgan fingerprint density at radius 2 is 2.18 bits per heavy atom. The van der Waals surface area contributed by atoms with Crippen LogP contribution in [0.4, 0.5) is 10.6 Å². The Bertz CT molecular complexity index is 554.